The van der Waals surface area contributed by atoms with Crippen molar-refractivity contribution < 1.29 is 9.53 Å². The Hall–Kier alpha value is -3.15. The number of hydrogen-bond acceptors (Lipinski definition) is 4. The molecule has 3 aromatic rings. The average Bonchev–Trinajstić information content (AvgIpc) is 3.11. The van der Waals surface area contributed by atoms with Crippen LogP contribution in [0.4, 0.5) is 5.95 Å². The minimum absolute atomic E-state index is 0.0770. The van der Waals surface area contributed by atoms with E-state index in [-0.39, 0.29) is 11.8 Å². The first-order valence-electron chi connectivity index (χ1n) is 8.28. The fraction of sp³-hybridized carbons (Fsp3) is 0.211. The average molecular weight is 334 g/mol. The van der Waals surface area contributed by atoms with Crippen LogP contribution in [0.2, 0.25) is 0 Å². The van der Waals surface area contributed by atoms with E-state index in [9.17, 15) is 4.79 Å². The second-order valence-electron chi connectivity index (χ2n) is 5.98. The molecule has 0 spiro atoms. The van der Waals surface area contributed by atoms with Crippen molar-refractivity contribution in [2.75, 3.05) is 11.9 Å². The fourth-order valence-corrected chi connectivity index (χ4v) is 3.13. The van der Waals surface area contributed by atoms with Crippen LogP contribution in [0.3, 0.4) is 0 Å². The number of nitrogens with zero attached hydrogens (tertiary/aromatic N) is 3. The maximum Gasteiger partial charge on any atom is 0.235 e. The minimum atomic E-state index is -0.0770. The standard InChI is InChI=1S/C19H18N4O2/c24-18(12-14-10-11-25-17-9-5-4-8-16(14)17)21-19-22-20-13-23(19)15-6-2-1-3-7-15/h1-9,13-14H,10-12H2,(H,21,22,24)/t14-/m0/s1. The molecule has 1 N–H and O–H groups in total. The Kier molecular flexibility index (Phi) is 4.16. The second-order valence-corrected chi connectivity index (χ2v) is 5.98. The molecule has 4 rings (SSSR count). The summed E-state index contributed by atoms with van der Waals surface area (Å²) in [5.41, 5.74) is 1.99. The van der Waals surface area contributed by atoms with E-state index >= 15 is 0 Å². The number of rotatable bonds is 4. The lowest BCUT2D eigenvalue weighted by Gasteiger charge is -2.25. The van der Waals surface area contributed by atoms with Gasteiger partial charge in [0.15, 0.2) is 0 Å². The molecule has 1 atom stereocenters. The molecule has 126 valence electrons. The molecule has 0 bridgehead atoms. The van der Waals surface area contributed by atoms with Crippen LogP contribution in [-0.2, 0) is 4.79 Å². The molecule has 6 nitrogen and oxygen atoms in total. The summed E-state index contributed by atoms with van der Waals surface area (Å²) in [6, 6.07) is 17.6. The van der Waals surface area contributed by atoms with Gasteiger partial charge in [-0.15, -0.1) is 10.2 Å². The highest BCUT2D eigenvalue weighted by atomic mass is 16.5. The molecular formula is C19H18N4O2. The van der Waals surface area contributed by atoms with E-state index in [1.54, 1.807) is 10.9 Å². The summed E-state index contributed by atoms with van der Waals surface area (Å²) in [4.78, 5) is 12.5. The van der Waals surface area contributed by atoms with E-state index in [1.165, 1.54) is 0 Å². The first-order valence-corrected chi connectivity index (χ1v) is 8.28. The number of ether oxygens (including phenoxy) is 1. The molecule has 1 aromatic heterocycles. The van der Waals surface area contributed by atoms with Crippen molar-refractivity contribution in [3.63, 3.8) is 0 Å². The van der Waals surface area contributed by atoms with Gasteiger partial charge in [-0.2, -0.15) is 0 Å². The SMILES string of the molecule is O=C(C[C@@H]1CCOc2ccccc21)Nc1nncn1-c1ccccc1. The molecule has 1 amide bonds. The Labute approximate surface area is 145 Å². The van der Waals surface area contributed by atoms with Gasteiger partial charge in [-0.05, 0) is 36.1 Å². The summed E-state index contributed by atoms with van der Waals surface area (Å²) in [6.45, 7) is 0.634. The van der Waals surface area contributed by atoms with Gasteiger partial charge < -0.3 is 4.74 Å². The molecule has 25 heavy (non-hydrogen) atoms. The van der Waals surface area contributed by atoms with Crippen molar-refractivity contribution in [3.05, 3.63) is 66.5 Å². The molecule has 2 aromatic carbocycles. The summed E-state index contributed by atoms with van der Waals surface area (Å²) in [7, 11) is 0. The quantitative estimate of drug-likeness (QED) is 0.796. The molecule has 0 saturated carbocycles. The summed E-state index contributed by atoms with van der Waals surface area (Å²) < 4.78 is 7.42. The Morgan fingerprint density at radius 1 is 1.16 bits per heavy atom. The smallest absolute Gasteiger partial charge is 0.235 e. The van der Waals surface area contributed by atoms with Crippen LogP contribution in [0.5, 0.6) is 5.75 Å². The first-order chi connectivity index (χ1) is 12.3. The highest BCUT2D eigenvalue weighted by Crippen LogP contribution is 2.35. The van der Waals surface area contributed by atoms with Crippen LogP contribution >= 0.6 is 0 Å². The zero-order chi connectivity index (χ0) is 17.1. The summed E-state index contributed by atoms with van der Waals surface area (Å²) in [5, 5.41) is 10.8. The van der Waals surface area contributed by atoms with E-state index in [1.807, 2.05) is 54.6 Å². The molecular weight excluding hydrogens is 316 g/mol. The second kappa shape index (κ2) is 6.76. The monoisotopic (exact) mass is 334 g/mol. The van der Waals surface area contributed by atoms with Crippen LogP contribution in [-0.4, -0.2) is 27.3 Å². The van der Waals surface area contributed by atoms with E-state index in [0.29, 0.717) is 19.0 Å². The third-order valence-corrected chi connectivity index (χ3v) is 4.35. The minimum Gasteiger partial charge on any atom is -0.493 e. The highest BCUT2D eigenvalue weighted by Gasteiger charge is 2.24. The van der Waals surface area contributed by atoms with E-state index < -0.39 is 0 Å². The Morgan fingerprint density at radius 3 is 2.84 bits per heavy atom. The summed E-state index contributed by atoms with van der Waals surface area (Å²) >= 11 is 0. The number of benzene rings is 2. The predicted molar refractivity (Wildman–Crippen MR) is 93.9 cm³/mol. The zero-order valence-corrected chi connectivity index (χ0v) is 13.6. The topological polar surface area (TPSA) is 69.0 Å². The van der Waals surface area contributed by atoms with Crippen molar-refractivity contribution in [1.82, 2.24) is 14.8 Å². The van der Waals surface area contributed by atoms with Crippen LogP contribution < -0.4 is 10.1 Å². The van der Waals surface area contributed by atoms with Crippen LogP contribution in [0.1, 0.15) is 24.3 Å². The number of para-hydroxylation sites is 2. The van der Waals surface area contributed by atoms with Gasteiger partial charge >= 0.3 is 0 Å². The summed E-state index contributed by atoms with van der Waals surface area (Å²) in [6.07, 6.45) is 2.81. The maximum atomic E-state index is 12.5. The lowest BCUT2D eigenvalue weighted by Crippen LogP contribution is -2.22. The van der Waals surface area contributed by atoms with Gasteiger partial charge in [0.1, 0.15) is 12.1 Å². The third kappa shape index (κ3) is 3.24. The number of aromatic nitrogens is 3. The number of carbonyl (C=O) groups excluding carboxylic acids is 1. The number of fused-ring (bicyclic) bond motifs is 1. The van der Waals surface area contributed by atoms with Gasteiger partial charge in [-0.1, -0.05) is 36.4 Å². The molecule has 0 aliphatic carbocycles. The number of nitrogens with one attached hydrogen (secondary N) is 1. The molecule has 0 saturated heterocycles. The zero-order valence-electron chi connectivity index (χ0n) is 13.6. The Bertz CT molecular complexity index is 876. The molecule has 2 heterocycles. The lowest BCUT2D eigenvalue weighted by molar-refractivity contribution is -0.116. The van der Waals surface area contributed by atoms with Gasteiger partial charge in [-0.25, -0.2) is 0 Å². The van der Waals surface area contributed by atoms with Crippen molar-refractivity contribution in [3.8, 4) is 11.4 Å². The maximum absolute atomic E-state index is 12.5. The lowest BCUT2D eigenvalue weighted by atomic mass is 9.90. The largest absolute Gasteiger partial charge is 0.493 e. The fourth-order valence-electron chi connectivity index (χ4n) is 3.13. The number of hydrogen-bond donors (Lipinski definition) is 1. The van der Waals surface area contributed by atoms with E-state index in [0.717, 1.165) is 23.4 Å². The van der Waals surface area contributed by atoms with Gasteiger partial charge in [0.05, 0.1) is 12.3 Å². The molecule has 1 aliphatic rings. The van der Waals surface area contributed by atoms with Crippen LogP contribution in [0, 0.1) is 0 Å². The number of anilines is 1. The molecule has 0 fully saturated rings. The molecule has 0 unspecified atom stereocenters. The van der Waals surface area contributed by atoms with Crippen LogP contribution in [0.15, 0.2) is 60.9 Å². The Morgan fingerprint density at radius 2 is 1.96 bits per heavy atom. The Balaban J connectivity index is 1.49. The van der Waals surface area contributed by atoms with Gasteiger partial charge in [0, 0.05) is 6.42 Å². The number of amides is 1. The normalized spacial score (nSPS) is 15.9. The highest BCUT2D eigenvalue weighted by molar-refractivity contribution is 5.90. The van der Waals surface area contributed by atoms with Crippen molar-refractivity contribution in [2.24, 2.45) is 0 Å². The third-order valence-electron chi connectivity index (χ3n) is 4.35. The van der Waals surface area contributed by atoms with Crippen molar-refractivity contribution in [1.29, 1.82) is 0 Å². The van der Waals surface area contributed by atoms with E-state index in [4.69, 9.17) is 4.74 Å². The van der Waals surface area contributed by atoms with Crippen molar-refractivity contribution >= 4 is 11.9 Å². The molecule has 0 radical (unpaired) electrons. The molecule has 6 heteroatoms. The van der Waals surface area contributed by atoms with Crippen LogP contribution in [0.25, 0.3) is 5.69 Å². The molecule has 1 aliphatic heterocycles. The van der Waals surface area contributed by atoms with Crippen molar-refractivity contribution in [2.45, 2.75) is 18.8 Å². The first kappa shape index (κ1) is 15.4. The van der Waals surface area contributed by atoms with Gasteiger partial charge in [0.2, 0.25) is 11.9 Å². The van der Waals surface area contributed by atoms with Gasteiger partial charge in [0.25, 0.3) is 0 Å². The van der Waals surface area contributed by atoms with E-state index in [2.05, 4.69) is 15.5 Å². The summed E-state index contributed by atoms with van der Waals surface area (Å²) in [5.74, 6) is 1.38. The van der Waals surface area contributed by atoms with Gasteiger partial charge in [-0.3, -0.25) is 14.7 Å². The predicted octanol–water partition coefficient (Wildman–Crippen LogP) is 3.16. The number of carbonyl (C=O) groups is 1.